The molecule has 1 saturated carbocycles. The van der Waals surface area contributed by atoms with Crippen LogP contribution in [-0.4, -0.2) is 31.9 Å². The van der Waals surface area contributed by atoms with Crippen molar-refractivity contribution in [2.75, 3.05) is 12.3 Å². The molecule has 0 aromatic carbocycles. The molecule has 1 fully saturated rings. The quantitative estimate of drug-likeness (QED) is 0.744. The summed E-state index contributed by atoms with van der Waals surface area (Å²) in [6.07, 6.45) is 5.41. The topological polar surface area (TPSA) is 63.2 Å². The van der Waals surface area contributed by atoms with Crippen LogP contribution < -0.4 is 5.32 Å². The molecule has 1 aliphatic rings. The SMILES string of the molecule is CC(=O)NCCCS(=O)(=O)C1CCCCC1. The first-order chi connectivity index (χ1) is 7.52. The minimum absolute atomic E-state index is 0.102. The molecule has 0 bridgehead atoms. The van der Waals surface area contributed by atoms with Crippen molar-refractivity contribution in [1.29, 1.82) is 0 Å². The number of nitrogens with one attached hydrogen (secondary N) is 1. The summed E-state index contributed by atoms with van der Waals surface area (Å²) in [6, 6.07) is 0. The monoisotopic (exact) mass is 247 g/mol. The molecule has 0 heterocycles. The Balaban J connectivity index is 2.30. The Kier molecular flexibility index (Phi) is 5.25. The minimum atomic E-state index is -2.93. The molecular formula is C11H21NO3S. The Hall–Kier alpha value is -0.580. The summed E-state index contributed by atoms with van der Waals surface area (Å²) < 4.78 is 23.8. The van der Waals surface area contributed by atoms with Gasteiger partial charge in [-0.15, -0.1) is 0 Å². The van der Waals surface area contributed by atoms with Gasteiger partial charge in [0.2, 0.25) is 5.91 Å². The van der Waals surface area contributed by atoms with Gasteiger partial charge in [-0.3, -0.25) is 4.79 Å². The number of sulfone groups is 1. The summed E-state index contributed by atoms with van der Waals surface area (Å²) in [5, 5.41) is 2.49. The van der Waals surface area contributed by atoms with Crippen molar-refractivity contribution in [2.45, 2.75) is 50.7 Å². The first-order valence-electron chi connectivity index (χ1n) is 5.98. The maximum Gasteiger partial charge on any atom is 0.216 e. The maximum absolute atomic E-state index is 11.9. The average molecular weight is 247 g/mol. The van der Waals surface area contributed by atoms with Crippen LogP contribution in [0.4, 0.5) is 0 Å². The molecule has 0 aliphatic heterocycles. The van der Waals surface area contributed by atoms with Gasteiger partial charge in [-0.2, -0.15) is 0 Å². The van der Waals surface area contributed by atoms with Crippen LogP contribution in [0.25, 0.3) is 0 Å². The van der Waals surface area contributed by atoms with Gasteiger partial charge in [0.25, 0.3) is 0 Å². The van der Waals surface area contributed by atoms with Crippen LogP contribution in [0.3, 0.4) is 0 Å². The van der Waals surface area contributed by atoms with Crippen LogP contribution in [-0.2, 0) is 14.6 Å². The maximum atomic E-state index is 11.9. The van der Waals surface area contributed by atoms with Crippen molar-refractivity contribution >= 4 is 15.7 Å². The summed E-state index contributed by atoms with van der Waals surface area (Å²) in [4.78, 5) is 10.6. The van der Waals surface area contributed by atoms with Crippen LogP contribution in [0.15, 0.2) is 0 Å². The summed E-state index contributed by atoms with van der Waals surface area (Å²) in [5.41, 5.74) is 0. The zero-order valence-corrected chi connectivity index (χ0v) is 10.7. The van der Waals surface area contributed by atoms with Gasteiger partial charge in [0.1, 0.15) is 0 Å². The number of carbonyl (C=O) groups excluding carboxylic acids is 1. The van der Waals surface area contributed by atoms with E-state index in [0.29, 0.717) is 13.0 Å². The van der Waals surface area contributed by atoms with Gasteiger partial charge in [-0.1, -0.05) is 19.3 Å². The largest absolute Gasteiger partial charge is 0.356 e. The van der Waals surface area contributed by atoms with Gasteiger partial charge in [-0.25, -0.2) is 8.42 Å². The van der Waals surface area contributed by atoms with E-state index < -0.39 is 9.84 Å². The first kappa shape index (κ1) is 13.5. The van der Waals surface area contributed by atoms with Gasteiger partial charge < -0.3 is 5.32 Å². The van der Waals surface area contributed by atoms with Crippen molar-refractivity contribution in [3.05, 3.63) is 0 Å². The molecule has 0 aromatic rings. The van der Waals surface area contributed by atoms with E-state index in [2.05, 4.69) is 5.32 Å². The lowest BCUT2D eigenvalue weighted by Crippen LogP contribution is -2.29. The molecule has 1 amide bonds. The molecule has 0 spiro atoms. The van der Waals surface area contributed by atoms with Gasteiger partial charge in [0, 0.05) is 13.5 Å². The molecule has 1 rings (SSSR count). The van der Waals surface area contributed by atoms with Crippen molar-refractivity contribution < 1.29 is 13.2 Å². The molecule has 0 aromatic heterocycles. The zero-order valence-electron chi connectivity index (χ0n) is 9.87. The van der Waals surface area contributed by atoms with Gasteiger partial charge in [0.15, 0.2) is 9.84 Å². The second-order valence-electron chi connectivity index (χ2n) is 4.46. The van der Waals surface area contributed by atoms with Crippen molar-refractivity contribution in [3.8, 4) is 0 Å². The van der Waals surface area contributed by atoms with E-state index in [9.17, 15) is 13.2 Å². The molecular weight excluding hydrogens is 226 g/mol. The first-order valence-corrected chi connectivity index (χ1v) is 7.70. The molecule has 0 saturated heterocycles. The van der Waals surface area contributed by atoms with Crippen molar-refractivity contribution in [3.63, 3.8) is 0 Å². The fraction of sp³-hybridized carbons (Fsp3) is 0.909. The van der Waals surface area contributed by atoms with Crippen molar-refractivity contribution in [2.24, 2.45) is 0 Å². The van der Waals surface area contributed by atoms with Crippen molar-refractivity contribution in [1.82, 2.24) is 5.32 Å². The summed E-state index contributed by atoms with van der Waals surface area (Å²) in [6.45, 7) is 1.90. The lowest BCUT2D eigenvalue weighted by Gasteiger charge is -2.21. The van der Waals surface area contributed by atoms with E-state index in [-0.39, 0.29) is 16.9 Å². The standard InChI is InChI=1S/C11H21NO3S/c1-10(13)12-8-5-9-16(14,15)11-6-3-2-4-7-11/h11H,2-9H2,1H3,(H,12,13). The second kappa shape index (κ2) is 6.23. The lowest BCUT2D eigenvalue weighted by molar-refractivity contribution is -0.118. The van der Waals surface area contributed by atoms with Gasteiger partial charge >= 0.3 is 0 Å². The van der Waals surface area contributed by atoms with Crippen LogP contribution >= 0.6 is 0 Å². The molecule has 0 unspecified atom stereocenters. The van der Waals surface area contributed by atoms with Crippen LogP contribution in [0.2, 0.25) is 0 Å². The smallest absolute Gasteiger partial charge is 0.216 e. The third kappa shape index (κ3) is 4.51. The third-order valence-electron chi connectivity index (χ3n) is 3.04. The molecule has 0 radical (unpaired) electrons. The van der Waals surface area contributed by atoms with Crippen LogP contribution in [0.1, 0.15) is 45.4 Å². The summed E-state index contributed by atoms with van der Waals surface area (Å²) in [5.74, 6) is 0.105. The predicted molar refractivity (Wildman–Crippen MR) is 64.0 cm³/mol. The molecule has 4 nitrogen and oxygen atoms in total. The average Bonchev–Trinajstić information content (AvgIpc) is 2.26. The Morgan fingerprint density at radius 1 is 1.25 bits per heavy atom. The lowest BCUT2D eigenvalue weighted by atomic mass is 10.0. The van der Waals surface area contributed by atoms with Gasteiger partial charge in [0.05, 0.1) is 11.0 Å². The van der Waals surface area contributed by atoms with Crippen LogP contribution in [0, 0.1) is 0 Å². The second-order valence-corrected chi connectivity index (χ2v) is 6.86. The van der Waals surface area contributed by atoms with E-state index in [4.69, 9.17) is 0 Å². The van der Waals surface area contributed by atoms with Gasteiger partial charge in [-0.05, 0) is 19.3 Å². The van der Waals surface area contributed by atoms with Crippen LogP contribution in [0.5, 0.6) is 0 Å². The predicted octanol–water partition coefficient (Wildman–Crippen LogP) is 1.26. The Morgan fingerprint density at radius 2 is 1.88 bits per heavy atom. The Bertz CT molecular complexity index is 318. The van der Waals surface area contributed by atoms with E-state index in [1.165, 1.54) is 6.92 Å². The fourth-order valence-corrected chi connectivity index (χ4v) is 4.06. The molecule has 1 aliphatic carbocycles. The summed E-state index contributed by atoms with van der Waals surface area (Å²) in [7, 11) is -2.93. The molecule has 94 valence electrons. The van der Waals surface area contributed by atoms with E-state index >= 15 is 0 Å². The number of hydrogen-bond donors (Lipinski definition) is 1. The highest BCUT2D eigenvalue weighted by Crippen LogP contribution is 2.24. The highest BCUT2D eigenvalue weighted by Gasteiger charge is 2.26. The molecule has 5 heteroatoms. The Labute approximate surface area is 97.7 Å². The van der Waals surface area contributed by atoms with E-state index in [1.54, 1.807) is 0 Å². The fourth-order valence-electron chi connectivity index (χ4n) is 2.13. The van der Waals surface area contributed by atoms with E-state index in [1.807, 2.05) is 0 Å². The zero-order chi connectivity index (χ0) is 12.0. The minimum Gasteiger partial charge on any atom is -0.356 e. The molecule has 0 atom stereocenters. The number of rotatable bonds is 5. The highest BCUT2D eigenvalue weighted by atomic mass is 32.2. The summed E-state index contributed by atoms with van der Waals surface area (Å²) >= 11 is 0. The number of hydrogen-bond acceptors (Lipinski definition) is 3. The highest BCUT2D eigenvalue weighted by molar-refractivity contribution is 7.92. The Morgan fingerprint density at radius 3 is 2.44 bits per heavy atom. The molecule has 16 heavy (non-hydrogen) atoms. The number of amides is 1. The van der Waals surface area contributed by atoms with E-state index in [0.717, 1.165) is 32.1 Å². The molecule has 1 N–H and O–H groups in total. The normalized spacial score (nSPS) is 18.3. The third-order valence-corrected chi connectivity index (χ3v) is 5.38. The number of carbonyl (C=O) groups is 1.